The molecule has 29 heavy (non-hydrogen) atoms. The standard InChI is InChI=1S/C22H31N5O2/c1-16(2)25-22(18-8-9-23-17(18)3)26-21-14-19(20(28-4)15-24-21)29-13-7-12-27-10-5-6-11-27/h8-9,14-15,23H,1,5-7,10-13H2,2-4H3,(H,24,25,26). The molecule has 0 amide bonds. The summed E-state index contributed by atoms with van der Waals surface area (Å²) in [5, 5.41) is 3.22. The quantitative estimate of drug-likeness (QED) is 0.382. The molecular weight excluding hydrogens is 366 g/mol. The number of ether oxygens (including phenoxy) is 2. The Labute approximate surface area is 172 Å². The number of aromatic amines is 1. The average Bonchev–Trinajstić information content (AvgIpc) is 3.36. The van der Waals surface area contributed by atoms with E-state index in [2.05, 4.69) is 26.8 Å². The minimum Gasteiger partial charge on any atom is -0.491 e. The van der Waals surface area contributed by atoms with Crippen LogP contribution in [0.1, 0.15) is 37.4 Å². The first-order chi connectivity index (χ1) is 14.1. The van der Waals surface area contributed by atoms with Crippen LogP contribution in [0, 0.1) is 6.92 Å². The molecular formula is C22H31N5O2. The summed E-state index contributed by atoms with van der Waals surface area (Å²) in [4.78, 5) is 14.8. The zero-order valence-corrected chi connectivity index (χ0v) is 17.6. The second-order valence-electron chi connectivity index (χ2n) is 7.33. The molecule has 0 bridgehead atoms. The molecule has 0 unspecified atom stereocenters. The summed E-state index contributed by atoms with van der Waals surface area (Å²) in [6.07, 6.45) is 7.13. The van der Waals surface area contributed by atoms with Crippen molar-refractivity contribution in [1.82, 2.24) is 20.2 Å². The van der Waals surface area contributed by atoms with Crippen LogP contribution in [0.3, 0.4) is 0 Å². The second kappa shape index (κ2) is 10.1. The van der Waals surface area contributed by atoms with E-state index in [-0.39, 0.29) is 0 Å². The van der Waals surface area contributed by atoms with Gasteiger partial charge in [0.1, 0.15) is 5.84 Å². The van der Waals surface area contributed by atoms with Crippen molar-refractivity contribution in [2.24, 2.45) is 4.99 Å². The van der Waals surface area contributed by atoms with Gasteiger partial charge in [0.15, 0.2) is 17.3 Å². The number of methoxy groups -OCH3 is 1. The Balaban J connectivity index is 1.74. The van der Waals surface area contributed by atoms with Gasteiger partial charge in [0.2, 0.25) is 0 Å². The highest BCUT2D eigenvalue weighted by Crippen LogP contribution is 2.30. The van der Waals surface area contributed by atoms with E-state index in [1.165, 1.54) is 25.9 Å². The van der Waals surface area contributed by atoms with Crippen LogP contribution in [0.4, 0.5) is 5.82 Å². The second-order valence-corrected chi connectivity index (χ2v) is 7.33. The molecule has 7 nitrogen and oxygen atoms in total. The summed E-state index contributed by atoms with van der Waals surface area (Å²) in [6.45, 7) is 11.9. The molecule has 0 saturated carbocycles. The van der Waals surface area contributed by atoms with Crippen molar-refractivity contribution < 1.29 is 9.47 Å². The van der Waals surface area contributed by atoms with Crippen molar-refractivity contribution in [3.8, 4) is 11.5 Å². The van der Waals surface area contributed by atoms with Crippen molar-refractivity contribution in [3.05, 3.63) is 48.1 Å². The Kier molecular flexibility index (Phi) is 7.30. The first-order valence-electron chi connectivity index (χ1n) is 10.1. The fraction of sp³-hybridized carbons (Fsp3) is 0.455. The van der Waals surface area contributed by atoms with Gasteiger partial charge in [0.25, 0.3) is 0 Å². The molecule has 1 aliphatic rings. The molecule has 0 atom stereocenters. The molecule has 3 heterocycles. The fourth-order valence-electron chi connectivity index (χ4n) is 3.40. The number of allylic oxidation sites excluding steroid dienone is 1. The number of aliphatic imine (C=N–C) groups is 1. The summed E-state index contributed by atoms with van der Waals surface area (Å²) < 4.78 is 11.4. The molecule has 0 aromatic carbocycles. The van der Waals surface area contributed by atoms with Gasteiger partial charge in [-0.2, -0.15) is 0 Å². The third-order valence-corrected chi connectivity index (χ3v) is 4.88. The van der Waals surface area contributed by atoms with Gasteiger partial charge in [0.05, 0.1) is 19.9 Å². The van der Waals surface area contributed by atoms with Crippen molar-refractivity contribution in [3.63, 3.8) is 0 Å². The number of rotatable bonds is 9. The molecule has 0 aliphatic carbocycles. The van der Waals surface area contributed by atoms with Crippen molar-refractivity contribution in [2.75, 3.05) is 33.4 Å². The van der Waals surface area contributed by atoms with Crippen LogP contribution in [0.5, 0.6) is 11.5 Å². The Morgan fingerprint density at radius 2 is 2.14 bits per heavy atom. The number of likely N-dealkylation sites (tertiary alicyclic amines) is 1. The summed E-state index contributed by atoms with van der Waals surface area (Å²) >= 11 is 0. The van der Waals surface area contributed by atoms with Crippen LogP contribution in [0.25, 0.3) is 0 Å². The number of aromatic nitrogens is 2. The molecule has 1 fully saturated rings. The molecule has 2 N–H and O–H groups in total. The minimum absolute atomic E-state index is 0.546. The van der Waals surface area contributed by atoms with Crippen LogP contribution in [-0.2, 0) is 0 Å². The SMILES string of the molecule is C=C(C)NC(=Nc1cc(OCCCN2CCCC2)c(OC)cn1)c1cc[nH]c1C. The number of hydrogen-bond donors (Lipinski definition) is 2. The first-order valence-corrected chi connectivity index (χ1v) is 10.1. The zero-order chi connectivity index (χ0) is 20.6. The van der Waals surface area contributed by atoms with Crippen LogP contribution >= 0.6 is 0 Å². The number of hydrogen-bond acceptors (Lipinski definition) is 5. The van der Waals surface area contributed by atoms with Gasteiger partial charge in [-0.05, 0) is 52.3 Å². The average molecular weight is 398 g/mol. The van der Waals surface area contributed by atoms with Crippen LogP contribution < -0.4 is 14.8 Å². The lowest BCUT2D eigenvalue weighted by molar-refractivity contribution is 0.254. The number of nitrogens with zero attached hydrogens (tertiary/aromatic N) is 3. The monoisotopic (exact) mass is 397 g/mol. The number of aryl methyl sites for hydroxylation is 1. The van der Waals surface area contributed by atoms with Gasteiger partial charge >= 0.3 is 0 Å². The maximum absolute atomic E-state index is 6.00. The normalized spacial score (nSPS) is 14.8. The highest BCUT2D eigenvalue weighted by atomic mass is 16.5. The van der Waals surface area contributed by atoms with Gasteiger partial charge in [-0.25, -0.2) is 9.98 Å². The van der Waals surface area contributed by atoms with Gasteiger partial charge in [-0.3, -0.25) is 0 Å². The molecule has 156 valence electrons. The number of H-pyrrole nitrogens is 1. The van der Waals surface area contributed by atoms with E-state index in [9.17, 15) is 0 Å². The van der Waals surface area contributed by atoms with Crippen molar-refractivity contribution in [1.29, 1.82) is 0 Å². The zero-order valence-electron chi connectivity index (χ0n) is 17.6. The smallest absolute Gasteiger partial charge is 0.179 e. The van der Waals surface area contributed by atoms with Gasteiger partial charge < -0.3 is 24.7 Å². The van der Waals surface area contributed by atoms with E-state index in [4.69, 9.17) is 14.5 Å². The highest BCUT2D eigenvalue weighted by Gasteiger charge is 2.13. The third kappa shape index (κ3) is 5.84. The Hall–Kier alpha value is -2.80. The Bertz CT molecular complexity index is 853. The Morgan fingerprint density at radius 1 is 1.34 bits per heavy atom. The Morgan fingerprint density at radius 3 is 2.79 bits per heavy atom. The van der Waals surface area contributed by atoms with Gasteiger partial charge in [-0.1, -0.05) is 6.58 Å². The molecule has 2 aromatic heterocycles. The molecule has 7 heteroatoms. The largest absolute Gasteiger partial charge is 0.491 e. The number of pyridine rings is 1. The lowest BCUT2D eigenvalue weighted by Gasteiger charge is -2.15. The van der Waals surface area contributed by atoms with Crippen LogP contribution in [-0.4, -0.2) is 54.1 Å². The summed E-state index contributed by atoms with van der Waals surface area (Å²) in [5.74, 6) is 2.50. The van der Waals surface area contributed by atoms with E-state index in [1.807, 2.05) is 32.2 Å². The number of amidine groups is 1. The van der Waals surface area contributed by atoms with Crippen molar-refractivity contribution >= 4 is 11.7 Å². The van der Waals surface area contributed by atoms with E-state index in [0.29, 0.717) is 29.8 Å². The predicted molar refractivity (Wildman–Crippen MR) is 116 cm³/mol. The van der Waals surface area contributed by atoms with E-state index in [1.54, 1.807) is 13.3 Å². The van der Waals surface area contributed by atoms with E-state index < -0.39 is 0 Å². The molecule has 0 radical (unpaired) electrons. The van der Waals surface area contributed by atoms with Crippen molar-refractivity contribution in [2.45, 2.75) is 33.1 Å². The van der Waals surface area contributed by atoms with E-state index in [0.717, 1.165) is 29.9 Å². The summed E-state index contributed by atoms with van der Waals surface area (Å²) in [7, 11) is 1.62. The van der Waals surface area contributed by atoms with Crippen LogP contribution in [0.15, 0.2) is 41.8 Å². The molecule has 0 spiro atoms. The predicted octanol–water partition coefficient (Wildman–Crippen LogP) is 3.79. The van der Waals surface area contributed by atoms with Gasteiger partial charge in [0, 0.05) is 35.8 Å². The minimum atomic E-state index is 0.546. The molecule has 2 aromatic rings. The summed E-state index contributed by atoms with van der Waals surface area (Å²) in [5.41, 5.74) is 2.79. The molecule has 3 rings (SSSR count). The van der Waals surface area contributed by atoms with E-state index >= 15 is 0 Å². The lowest BCUT2D eigenvalue weighted by atomic mass is 10.2. The maximum atomic E-state index is 6.00. The molecule has 1 saturated heterocycles. The lowest BCUT2D eigenvalue weighted by Crippen LogP contribution is -2.22. The molecule has 1 aliphatic heterocycles. The maximum Gasteiger partial charge on any atom is 0.179 e. The summed E-state index contributed by atoms with van der Waals surface area (Å²) in [6, 6.07) is 3.79. The first kappa shape index (κ1) is 20.9. The van der Waals surface area contributed by atoms with Gasteiger partial charge in [-0.15, -0.1) is 0 Å². The topological polar surface area (TPSA) is 74.8 Å². The highest BCUT2D eigenvalue weighted by molar-refractivity contribution is 6.02. The number of nitrogens with one attached hydrogen (secondary N) is 2. The third-order valence-electron chi connectivity index (χ3n) is 4.88. The van der Waals surface area contributed by atoms with Crippen LogP contribution in [0.2, 0.25) is 0 Å². The fourth-order valence-corrected chi connectivity index (χ4v) is 3.40.